The second-order valence-corrected chi connectivity index (χ2v) is 5.88. The Morgan fingerprint density at radius 3 is 2.36 bits per heavy atom. The van der Waals surface area contributed by atoms with Crippen molar-refractivity contribution in [2.45, 2.75) is 6.54 Å². The van der Waals surface area contributed by atoms with Crippen LogP contribution in [0.3, 0.4) is 0 Å². The molecule has 1 amide bonds. The molecule has 3 N–H and O–H groups in total. The fourth-order valence-electron chi connectivity index (χ4n) is 2.30. The maximum absolute atomic E-state index is 11.1. The number of nitrogens with one attached hydrogen (secondary N) is 1. The number of amides is 1. The zero-order valence-corrected chi connectivity index (χ0v) is 14.2. The van der Waals surface area contributed by atoms with E-state index in [1.165, 1.54) is 6.07 Å². The molecule has 0 aliphatic carbocycles. The highest BCUT2D eigenvalue weighted by molar-refractivity contribution is 6.32. The van der Waals surface area contributed by atoms with Gasteiger partial charge in [0, 0.05) is 17.8 Å². The van der Waals surface area contributed by atoms with Crippen molar-refractivity contribution in [3.8, 4) is 11.5 Å². The molecule has 0 aromatic heterocycles. The Bertz CT molecular complexity index is 865. The summed E-state index contributed by atoms with van der Waals surface area (Å²) in [6.07, 6.45) is 0. The second-order valence-electron chi connectivity index (χ2n) is 5.48. The van der Waals surface area contributed by atoms with Crippen LogP contribution in [0.1, 0.15) is 15.9 Å². The second kappa shape index (κ2) is 7.73. The number of ether oxygens (including phenoxy) is 1. The SMILES string of the molecule is NC(=O)c1ccc(Oc2ccc(CNc3ccccc3)cc2)c(Cl)c1. The lowest BCUT2D eigenvalue weighted by atomic mass is 10.2. The van der Waals surface area contributed by atoms with Gasteiger partial charge in [-0.1, -0.05) is 41.9 Å². The standard InChI is InChI=1S/C20H17ClN2O2/c21-18-12-15(20(22)24)8-11-19(18)25-17-9-6-14(7-10-17)13-23-16-4-2-1-3-5-16/h1-12,23H,13H2,(H2,22,24). The van der Waals surface area contributed by atoms with Crippen LogP contribution in [0.15, 0.2) is 72.8 Å². The maximum Gasteiger partial charge on any atom is 0.248 e. The fraction of sp³-hybridized carbons (Fsp3) is 0.0500. The van der Waals surface area contributed by atoms with Gasteiger partial charge in [0.15, 0.2) is 0 Å². The Balaban J connectivity index is 1.63. The van der Waals surface area contributed by atoms with Gasteiger partial charge in [-0.15, -0.1) is 0 Å². The van der Waals surface area contributed by atoms with Crippen LogP contribution in [-0.4, -0.2) is 5.91 Å². The molecule has 3 aromatic rings. The van der Waals surface area contributed by atoms with E-state index < -0.39 is 5.91 Å². The first-order chi connectivity index (χ1) is 12.1. The number of para-hydroxylation sites is 1. The number of primary amides is 1. The first-order valence-corrected chi connectivity index (χ1v) is 8.15. The highest BCUT2D eigenvalue weighted by Crippen LogP contribution is 2.30. The zero-order chi connectivity index (χ0) is 17.6. The molecule has 0 unspecified atom stereocenters. The van der Waals surface area contributed by atoms with Gasteiger partial charge in [-0.25, -0.2) is 0 Å². The summed E-state index contributed by atoms with van der Waals surface area (Å²) >= 11 is 6.13. The van der Waals surface area contributed by atoms with Gasteiger partial charge in [0.2, 0.25) is 5.91 Å². The van der Waals surface area contributed by atoms with Crippen LogP contribution in [0, 0.1) is 0 Å². The molecular formula is C20H17ClN2O2. The molecule has 0 aliphatic heterocycles. The van der Waals surface area contributed by atoms with E-state index in [0.29, 0.717) is 22.1 Å². The molecule has 0 saturated carbocycles. The van der Waals surface area contributed by atoms with Crippen LogP contribution >= 0.6 is 11.6 Å². The van der Waals surface area contributed by atoms with E-state index in [1.807, 2.05) is 54.6 Å². The Morgan fingerprint density at radius 2 is 1.72 bits per heavy atom. The van der Waals surface area contributed by atoms with E-state index in [-0.39, 0.29) is 0 Å². The zero-order valence-electron chi connectivity index (χ0n) is 13.4. The predicted octanol–water partition coefficient (Wildman–Crippen LogP) is 4.84. The number of hydrogen-bond acceptors (Lipinski definition) is 3. The van der Waals surface area contributed by atoms with Crippen LogP contribution in [-0.2, 0) is 6.54 Å². The molecule has 0 spiro atoms. The monoisotopic (exact) mass is 352 g/mol. The lowest BCUT2D eigenvalue weighted by Gasteiger charge is -2.10. The number of nitrogens with two attached hydrogens (primary N) is 1. The topological polar surface area (TPSA) is 64.4 Å². The summed E-state index contributed by atoms with van der Waals surface area (Å²) in [5.74, 6) is 0.614. The summed E-state index contributed by atoms with van der Waals surface area (Å²) in [4.78, 5) is 11.1. The van der Waals surface area contributed by atoms with Crippen molar-refractivity contribution in [3.05, 3.63) is 88.9 Å². The summed E-state index contributed by atoms with van der Waals surface area (Å²) in [7, 11) is 0. The van der Waals surface area contributed by atoms with Crippen molar-refractivity contribution in [3.63, 3.8) is 0 Å². The summed E-state index contributed by atoms with van der Waals surface area (Å²) < 4.78 is 5.76. The average Bonchev–Trinajstić information content (AvgIpc) is 2.63. The van der Waals surface area contributed by atoms with E-state index >= 15 is 0 Å². The van der Waals surface area contributed by atoms with Gasteiger partial charge in [0.25, 0.3) is 0 Å². The van der Waals surface area contributed by atoms with Crippen LogP contribution in [0.4, 0.5) is 5.69 Å². The minimum absolute atomic E-state index is 0.339. The molecule has 4 nitrogen and oxygen atoms in total. The van der Waals surface area contributed by atoms with Crippen molar-refractivity contribution in [2.75, 3.05) is 5.32 Å². The predicted molar refractivity (Wildman–Crippen MR) is 100 cm³/mol. The third kappa shape index (κ3) is 4.52. The molecule has 5 heteroatoms. The smallest absolute Gasteiger partial charge is 0.248 e. The molecule has 126 valence electrons. The van der Waals surface area contributed by atoms with Gasteiger partial charge in [0.05, 0.1) is 5.02 Å². The van der Waals surface area contributed by atoms with E-state index in [4.69, 9.17) is 22.1 Å². The van der Waals surface area contributed by atoms with E-state index in [2.05, 4.69) is 5.32 Å². The average molecular weight is 353 g/mol. The Morgan fingerprint density at radius 1 is 1.00 bits per heavy atom. The van der Waals surface area contributed by atoms with E-state index in [1.54, 1.807) is 12.1 Å². The molecule has 0 saturated heterocycles. The minimum Gasteiger partial charge on any atom is -0.456 e. The quantitative estimate of drug-likeness (QED) is 0.667. The number of benzene rings is 3. The van der Waals surface area contributed by atoms with Gasteiger partial charge in [0.1, 0.15) is 11.5 Å². The summed E-state index contributed by atoms with van der Waals surface area (Å²) in [6, 6.07) is 22.4. The molecule has 0 heterocycles. The minimum atomic E-state index is -0.524. The maximum atomic E-state index is 11.1. The molecule has 3 aromatic carbocycles. The largest absolute Gasteiger partial charge is 0.456 e. The van der Waals surface area contributed by atoms with Gasteiger partial charge in [-0.3, -0.25) is 4.79 Å². The van der Waals surface area contributed by atoms with Crippen molar-refractivity contribution in [1.82, 2.24) is 0 Å². The lowest BCUT2D eigenvalue weighted by Crippen LogP contribution is -2.10. The molecule has 0 fully saturated rings. The lowest BCUT2D eigenvalue weighted by molar-refractivity contribution is 0.100. The molecule has 0 radical (unpaired) electrons. The van der Waals surface area contributed by atoms with E-state index in [9.17, 15) is 4.79 Å². The number of carbonyl (C=O) groups excluding carboxylic acids is 1. The number of hydrogen-bond donors (Lipinski definition) is 2. The first-order valence-electron chi connectivity index (χ1n) is 7.77. The van der Waals surface area contributed by atoms with Crippen molar-refractivity contribution < 1.29 is 9.53 Å². The summed E-state index contributed by atoms with van der Waals surface area (Å²) in [5.41, 5.74) is 7.78. The number of halogens is 1. The molecule has 0 bridgehead atoms. The van der Waals surface area contributed by atoms with Crippen LogP contribution in [0.2, 0.25) is 5.02 Å². The van der Waals surface area contributed by atoms with Crippen LogP contribution < -0.4 is 15.8 Å². The molecule has 25 heavy (non-hydrogen) atoms. The number of rotatable bonds is 6. The van der Waals surface area contributed by atoms with Gasteiger partial charge >= 0.3 is 0 Å². The number of carbonyl (C=O) groups is 1. The summed E-state index contributed by atoms with van der Waals surface area (Å²) in [5, 5.41) is 3.69. The molecule has 0 aliphatic rings. The van der Waals surface area contributed by atoms with Crippen molar-refractivity contribution in [1.29, 1.82) is 0 Å². The van der Waals surface area contributed by atoms with Crippen LogP contribution in [0.25, 0.3) is 0 Å². The van der Waals surface area contributed by atoms with Gasteiger partial charge in [-0.2, -0.15) is 0 Å². The highest BCUT2D eigenvalue weighted by Gasteiger charge is 2.07. The van der Waals surface area contributed by atoms with Gasteiger partial charge in [-0.05, 0) is 48.0 Å². The Labute approximate surface area is 151 Å². The third-order valence-corrected chi connectivity index (χ3v) is 3.93. The van der Waals surface area contributed by atoms with Crippen LogP contribution in [0.5, 0.6) is 11.5 Å². The normalized spacial score (nSPS) is 10.3. The summed E-state index contributed by atoms with van der Waals surface area (Å²) in [6.45, 7) is 0.721. The Kier molecular flexibility index (Phi) is 5.21. The fourth-order valence-corrected chi connectivity index (χ4v) is 2.52. The highest BCUT2D eigenvalue weighted by atomic mass is 35.5. The Hall–Kier alpha value is -2.98. The molecular weight excluding hydrogens is 336 g/mol. The van der Waals surface area contributed by atoms with E-state index in [0.717, 1.165) is 17.8 Å². The van der Waals surface area contributed by atoms with Crippen molar-refractivity contribution in [2.24, 2.45) is 5.73 Å². The number of anilines is 1. The first kappa shape index (κ1) is 16.9. The van der Waals surface area contributed by atoms with Gasteiger partial charge < -0.3 is 15.8 Å². The third-order valence-electron chi connectivity index (χ3n) is 3.64. The molecule has 3 rings (SSSR count). The molecule has 0 atom stereocenters. The van der Waals surface area contributed by atoms with Crippen molar-refractivity contribution >= 4 is 23.2 Å².